The molecule has 9 aromatic carbocycles. The molecule has 274 valence electrons. The molecule has 0 saturated heterocycles. The SMILES string of the molecule is O=Cc1ccc(-c2ccc(-c3c(-c4ccccc4)c(-c4ccccc4)c(-c4ccccc4)c(-c4ccccc4)c3-c3ccc(-c4ccc(C=O)cc4)cc3)cc2)cc1. The van der Waals surface area contributed by atoms with Crippen molar-refractivity contribution in [2.24, 2.45) is 0 Å². The van der Waals surface area contributed by atoms with Crippen LogP contribution in [0.5, 0.6) is 0 Å². The number of carbonyl (C=O) groups excluding carboxylic acids is 2. The molecule has 9 aromatic rings. The van der Waals surface area contributed by atoms with Crippen LogP contribution in [-0.4, -0.2) is 12.6 Å². The summed E-state index contributed by atoms with van der Waals surface area (Å²) in [6.07, 6.45) is 1.76. The Bertz CT molecular complexity index is 2630. The molecule has 0 aliphatic rings. The lowest BCUT2D eigenvalue weighted by molar-refractivity contribution is 0.111. The van der Waals surface area contributed by atoms with Crippen LogP contribution in [0.2, 0.25) is 0 Å². The number of hydrogen-bond donors (Lipinski definition) is 0. The molecule has 0 aliphatic carbocycles. The monoisotopic (exact) mass is 742 g/mol. The molecule has 0 aliphatic heterocycles. The second-order valence-corrected chi connectivity index (χ2v) is 14.3. The molecule has 0 bridgehead atoms. The molecule has 2 heteroatoms. The lowest BCUT2D eigenvalue weighted by Crippen LogP contribution is -2.02. The Morgan fingerprint density at radius 3 is 0.569 bits per heavy atom. The lowest BCUT2D eigenvalue weighted by Gasteiger charge is -2.29. The topological polar surface area (TPSA) is 34.1 Å². The van der Waals surface area contributed by atoms with Crippen molar-refractivity contribution in [3.63, 3.8) is 0 Å². The third kappa shape index (κ3) is 7.00. The van der Waals surface area contributed by atoms with Gasteiger partial charge in [-0.3, -0.25) is 9.59 Å². The molecule has 0 heterocycles. The first-order valence-electron chi connectivity index (χ1n) is 19.5. The maximum absolute atomic E-state index is 11.4. The summed E-state index contributed by atoms with van der Waals surface area (Å²) in [5.74, 6) is 0. The lowest BCUT2D eigenvalue weighted by atomic mass is 9.74. The molecule has 0 saturated carbocycles. The quantitative estimate of drug-likeness (QED) is 0.131. The van der Waals surface area contributed by atoms with E-state index in [-0.39, 0.29) is 0 Å². The maximum Gasteiger partial charge on any atom is 0.150 e. The van der Waals surface area contributed by atoms with Crippen LogP contribution >= 0.6 is 0 Å². The molecule has 9 rings (SSSR count). The van der Waals surface area contributed by atoms with Crippen molar-refractivity contribution in [2.45, 2.75) is 0 Å². The standard InChI is InChI=1S/C56H38O2/c57-37-39-21-25-41(26-22-39)43-29-33-49(34-30-43)55-53(47-17-9-3-10-18-47)51(45-13-5-1-6-14-45)52(46-15-7-2-8-16-46)54(48-19-11-4-12-20-48)56(55)50-35-31-44(32-36-50)42-27-23-40(38-58)24-28-42/h1-38H. The second-order valence-electron chi connectivity index (χ2n) is 14.3. The molecule has 0 fully saturated rings. The molecule has 0 N–H and O–H groups in total. The van der Waals surface area contributed by atoms with E-state index < -0.39 is 0 Å². The van der Waals surface area contributed by atoms with Gasteiger partial charge >= 0.3 is 0 Å². The highest BCUT2D eigenvalue weighted by atomic mass is 16.1. The molecule has 0 radical (unpaired) electrons. The highest BCUT2D eigenvalue weighted by Gasteiger charge is 2.29. The van der Waals surface area contributed by atoms with Crippen LogP contribution in [0, 0.1) is 0 Å². The Morgan fingerprint density at radius 1 is 0.190 bits per heavy atom. The minimum absolute atomic E-state index is 0.655. The highest BCUT2D eigenvalue weighted by molar-refractivity contribution is 6.15. The number of hydrogen-bond acceptors (Lipinski definition) is 2. The fourth-order valence-corrected chi connectivity index (χ4v) is 8.07. The molecule has 2 nitrogen and oxygen atoms in total. The summed E-state index contributed by atoms with van der Waals surface area (Å²) in [6.45, 7) is 0. The number of aldehydes is 2. The average Bonchev–Trinajstić information content (AvgIpc) is 3.32. The fraction of sp³-hybridized carbons (Fsp3) is 0. The van der Waals surface area contributed by atoms with Crippen molar-refractivity contribution in [3.05, 3.63) is 230 Å². The van der Waals surface area contributed by atoms with Gasteiger partial charge in [0.1, 0.15) is 12.6 Å². The van der Waals surface area contributed by atoms with Gasteiger partial charge in [-0.2, -0.15) is 0 Å². The van der Waals surface area contributed by atoms with Crippen LogP contribution < -0.4 is 0 Å². The Balaban J connectivity index is 1.43. The summed E-state index contributed by atoms with van der Waals surface area (Å²) in [6, 6.07) is 76.3. The molecular weight excluding hydrogens is 705 g/mol. The van der Waals surface area contributed by atoms with Crippen LogP contribution in [-0.2, 0) is 0 Å². The molecule has 0 spiro atoms. The van der Waals surface area contributed by atoms with Crippen molar-refractivity contribution >= 4 is 12.6 Å². The Labute approximate surface area is 339 Å². The molecule has 0 amide bonds. The van der Waals surface area contributed by atoms with Crippen molar-refractivity contribution in [3.8, 4) is 89.0 Å². The zero-order valence-corrected chi connectivity index (χ0v) is 31.8. The predicted molar refractivity (Wildman–Crippen MR) is 241 cm³/mol. The van der Waals surface area contributed by atoms with E-state index in [1.165, 1.54) is 0 Å². The second kappa shape index (κ2) is 16.2. The zero-order chi connectivity index (χ0) is 39.3. The molecular formula is C56H38O2. The molecule has 0 aromatic heterocycles. The van der Waals surface area contributed by atoms with Crippen molar-refractivity contribution in [2.75, 3.05) is 0 Å². The largest absolute Gasteiger partial charge is 0.298 e. The van der Waals surface area contributed by atoms with E-state index >= 15 is 0 Å². The van der Waals surface area contributed by atoms with E-state index in [2.05, 4.69) is 170 Å². The first kappa shape index (κ1) is 36.0. The Morgan fingerprint density at radius 2 is 0.362 bits per heavy atom. The van der Waals surface area contributed by atoms with E-state index in [1.54, 1.807) is 0 Å². The van der Waals surface area contributed by atoms with E-state index in [0.29, 0.717) is 11.1 Å². The fourth-order valence-electron chi connectivity index (χ4n) is 8.07. The van der Waals surface area contributed by atoms with E-state index in [1.807, 2.05) is 48.5 Å². The van der Waals surface area contributed by atoms with E-state index in [4.69, 9.17) is 0 Å². The van der Waals surface area contributed by atoms with Crippen molar-refractivity contribution in [1.29, 1.82) is 0 Å². The summed E-state index contributed by atoms with van der Waals surface area (Å²) in [4.78, 5) is 22.9. The van der Waals surface area contributed by atoms with Gasteiger partial charge in [-0.15, -0.1) is 0 Å². The number of rotatable bonds is 10. The van der Waals surface area contributed by atoms with Gasteiger partial charge in [0, 0.05) is 11.1 Å². The molecule has 0 atom stereocenters. The third-order valence-corrected chi connectivity index (χ3v) is 10.9. The molecule has 0 unspecified atom stereocenters. The van der Waals surface area contributed by atoms with Gasteiger partial charge in [-0.1, -0.05) is 218 Å². The summed E-state index contributed by atoms with van der Waals surface area (Å²) < 4.78 is 0. The Hall–Kier alpha value is -7.68. The smallest absolute Gasteiger partial charge is 0.150 e. The average molecular weight is 743 g/mol. The van der Waals surface area contributed by atoms with Crippen LogP contribution in [0.25, 0.3) is 89.0 Å². The van der Waals surface area contributed by atoms with E-state index in [0.717, 1.165) is 102 Å². The van der Waals surface area contributed by atoms with Crippen molar-refractivity contribution < 1.29 is 9.59 Å². The Kier molecular flexibility index (Phi) is 10.0. The van der Waals surface area contributed by atoms with E-state index in [9.17, 15) is 9.59 Å². The summed E-state index contributed by atoms with van der Waals surface area (Å²) in [7, 11) is 0. The van der Waals surface area contributed by atoms with Gasteiger partial charge in [0.2, 0.25) is 0 Å². The first-order valence-corrected chi connectivity index (χ1v) is 19.5. The maximum atomic E-state index is 11.4. The minimum Gasteiger partial charge on any atom is -0.298 e. The number of benzene rings is 9. The van der Waals surface area contributed by atoms with Gasteiger partial charge in [-0.25, -0.2) is 0 Å². The van der Waals surface area contributed by atoms with Gasteiger partial charge in [-0.05, 0) is 89.0 Å². The predicted octanol–water partition coefficient (Wildman–Crippen LogP) is 14.6. The summed E-state index contributed by atoms with van der Waals surface area (Å²) >= 11 is 0. The minimum atomic E-state index is 0.655. The van der Waals surface area contributed by atoms with Crippen molar-refractivity contribution in [1.82, 2.24) is 0 Å². The molecule has 58 heavy (non-hydrogen) atoms. The van der Waals surface area contributed by atoms with Gasteiger partial charge < -0.3 is 0 Å². The summed E-state index contributed by atoms with van der Waals surface area (Å²) in [5, 5.41) is 0. The first-order chi connectivity index (χ1) is 28.7. The van der Waals surface area contributed by atoms with Gasteiger partial charge in [0.05, 0.1) is 0 Å². The highest BCUT2D eigenvalue weighted by Crippen LogP contribution is 2.56. The van der Waals surface area contributed by atoms with Gasteiger partial charge in [0.15, 0.2) is 0 Å². The number of carbonyl (C=O) groups is 2. The third-order valence-electron chi connectivity index (χ3n) is 10.9. The van der Waals surface area contributed by atoms with Crippen LogP contribution in [0.1, 0.15) is 20.7 Å². The van der Waals surface area contributed by atoms with Crippen LogP contribution in [0.3, 0.4) is 0 Å². The zero-order valence-electron chi connectivity index (χ0n) is 31.8. The van der Waals surface area contributed by atoms with Crippen LogP contribution in [0.4, 0.5) is 0 Å². The summed E-state index contributed by atoms with van der Waals surface area (Å²) in [5.41, 5.74) is 19.1. The van der Waals surface area contributed by atoms with Gasteiger partial charge in [0.25, 0.3) is 0 Å². The van der Waals surface area contributed by atoms with Crippen LogP contribution in [0.15, 0.2) is 218 Å². The normalized spacial score (nSPS) is 10.9.